The zero-order valence-electron chi connectivity index (χ0n) is 10.6. The van der Waals surface area contributed by atoms with Gasteiger partial charge in [0.2, 0.25) is 0 Å². The molecule has 0 unspecified atom stereocenters. The number of aromatic nitrogens is 2. The van der Waals surface area contributed by atoms with E-state index in [0.29, 0.717) is 11.3 Å². The summed E-state index contributed by atoms with van der Waals surface area (Å²) in [5, 5.41) is 19.5. The van der Waals surface area contributed by atoms with Crippen molar-refractivity contribution in [1.29, 1.82) is 0 Å². The molecule has 0 spiro atoms. The Labute approximate surface area is 115 Å². The highest BCUT2D eigenvalue weighted by Crippen LogP contribution is 2.15. The largest absolute Gasteiger partial charge is 0.392 e. The van der Waals surface area contributed by atoms with E-state index in [2.05, 4.69) is 15.5 Å². The van der Waals surface area contributed by atoms with Gasteiger partial charge in [0, 0.05) is 16.6 Å². The normalized spacial score (nSPS) is 10.7. The fourth-order valence-corrected chi connectivity index (χ4v) is 1.98. The van der Waals surface area contributed by atoms with E-state index in [1.165, 1.54) is 0 Å². The molecule has 20 heavy (non-hydrogen) atoms. The van der Waals surface area contributed by atoms with E-state index < -0.39 is 0 Å². The van der Waals surface area contributed by atoms with Crippen LogP contribution in [0.25, 0.3) is 10.9 Å². The molecule has 0 aliphatic carbocycles. The van der Waals surface area contributed by atoms with Crippen molar-refractivity contribution in [2.24, 2.45) is 0 Å². The summed E-state index contributed by atoms with van der Waals surface area (Å²) in [7, 11) is 0. The zero-order valence-corrected chi connectivity index (χ0v) is 10.6. The highest BCUT2D eigenvalue weighted by Gasteiger charge is 2.07. The van der Waals surface area contributed by atoms with Crippen molar-refractivity contribution in [3.8, 4) is 0 Å². The molecule has 0 saturated carbocycles. The standard InChI is InChI=1S/C15H13N3O2/c19-9-10-1-5-13(6-2-10)17-15(20)11-3-4-12-8-16-18-14(12)7-11/h1-8,19H,9H2,(H,16,18)(H,17,20). The van der Waals surface area contributed by atoms with Gasteiger partial charge in [-0.2, -0.15) is 5.10 Å². The van der Waals surface area contributed by atoms with Gasteiger partial charge in [0.15, 0.2) is 0 Å². The number of aliphatic hydroxyl groups excluding tert-OH is 1. The number of anilines is 1. The van der Waals surface area contributed by atoms with Crippen LogP contribution in [0.5, 0.6) is 0 Å². The van der Waals surface area contributed by atoms with E-state index in [4.69, 9.17) is 5.11 Å². The number of fused-ring (bicyclic) bond motifs is 1. The van der Waals surface area contributed by atoms with Gasteiger partial charge in [-0.25, -0.2) is 0 Å². The molecule has 3 aromatic rings. The van der Waals surface area contributed by atoms with Crippen LogP contribution >= 0.6 is 0 Å². The molecule has 2 aromatic carbocycles. The minimum atomic E-state index is -0.182. The molecule has 0 fully saturated rings. The lowest BCUT2D eigenvalue weighted by Gasteiger charge is -2.06. The molecular formula is C15H13N3O2. The van der Waals surface area contributed by atoms with Gasteiger partial charge in [-0.3, -0.25) is 9.89 Å². The molecule has 100 valence electrons. The Morgan fingerprint density at radius 2 is 2.00 bits per heavy atom. The molecule has 0 bridgehead atoms. The molecule has 0 aliphatic heterocycles. The van der Waals surface area contributed by atoms with Crippen LogP contribution in [0.15, 0.2) is 48.7 Å². The quantitative estimate of drug-likeness (QED) is 0.681. The highest BCUT2D eigenvalue weighted by molar-refractivity contribution is 6.06. The van der Waals surface area contributed by atoms with Crippen molar-refractivity contribution in [2.75, 3.05) is 5.32 Å². The van der Waals surface area contributed by atoms with Gasteiger partial charge < -0.3 is 10.4 Å². The third-order valence-corrected chi connectivity index (χ3v) is 3.10. The zero-order chi connectivity index (χ0) is 13.9. The Hall–Kier alpha value is -2.66. The van der Waals surface area contributed by atoms with E-state index in [1.807, 2.05) is 6.07 Å². The number of aliphatic hydroxyl groups is 1. The van der Waals surface area contributed by atoms with Crippen molar-refractivity contribution >= 4 is 22.5 Å². The van der Waals surface area contributed by atoms with Crippen LogP contribution in [0.1, 0.15) is 15.9 Å². The van der Waals surface area contributed by atoms with E-state index in [1.54, 1.807) is 42.6 Å². The number of hydrogen-bond acceptors (Lipinski definition) is 3. The van der Waals surface area contributed by atoms with Gasteiger partial charge in [0.1, 0.15) is 0 Å². The van der Waals surface area contributed by atoms with Crippen molar-refractivity contribution in [3.63, 3.8) is 0 Å². The first-order chi connectivity index (χ1) is 9.76. The molecule has 5 heteroatoms. The maximum absolute atomic E-state index is 12.1. The number of carbonyl (C=O) groups excluding carboxylic acids is 1. The van der Waals surface area contributed by atoms with Gasteiger partial charge in [-0.1, -0.05) is 18.2 Å². The SMILES string of the molecule is O=C(Nc1ccc(CO)cc1)c1ccc2cn[nH]c2c1. The second-order valence-corrected chi connectivity index (χ2v) is 4.48. The summed E-state index contributed by atoms with van der Waals surface area (Å²) >= 11 is 0. The number of amides is 1. The molecule has 0 radical (unpaired) electrons. The van der Waals surface area contributed by atoms with Crippen LogP contribution in [-0.4, -0.2) is 21.2 Å². The maximum atomic E-state index is 12.1. The van der Waals surface area contributed by atoms with Crippen molar-refractivity contribution in [1.82, 2.24) is 10.2 Å². The first-order valence-corrected chi connectivity index (χ1v) is 6.20. The molecule has 0 atom stereocenters. The number of carbonyl (C=O) groups is 1. The molecule has 1 amide bonds. The molecule has 3 rings (SSSR count). The lowest BCUT2D eigenvalue weighted by molar-refractivity contribution is 0.102. The summed E-state index contributed by atoms with van der Waals surface area (Å²) in [6, 6.07) is 12.4. The second-order valence-electron chi connectivity index (χ2n) is 4.48. The Kier molecular flexibility index (Phi) is 3.18. The Balaban J connectivity index is 1.80. The summed E-state index contributed by atoms with van der Waals surface area (Å²) in [6.07, 6.45) is 1.71. The van der Waals surface area contributed by atoms with E-state index in [0.717, 1.165) is 16.5 Å². The first-order valence-electron chi connectivity index (χ1n) is 6.20. The summed E-state index contributed by atoms with van der Waals surface area (Å²) in [5.41, 5.74) is 2.89. The van der Waals surface area contributed by atoms with Crippen LogP contribution in [0, 0.1) is 0 Å². The van der Waals surface area contributed by atoms with Crippen LogP contribution in [-0.2, 0) is 6.61 Å². The molecular weight excluding hydrogens is 254 g/mol. The molecule has 0 aliphatic rings. The van der Waals surface area contributed by atoms with Crippen molar-refractivity contribution in [2.45, 2.75) is 6.61 Å². The van der Waals surface area contributed by atoms with Gasteiger partial charge in [-0.15, -0.1) is 0 Å². The van der Waals surface area contributed by atoms with Crippen LogP contribution < -0.4 is 5.32 Å². The summed E-state index contributed by atoms with van der Waals surface area (Å²) in [4.78, 5) is 12.1. The third kappa shape index (κ3) is 2.39. The lowest BCUT2D eigenvalue weighted by atomic mass is 10.1. The van der Waals surface area contributed by atoms with Gasteiger partial charge in [-0.05, 0) is 29.8 Å². The maximum Gasteiger partial charge on any atom is 0.255 e. The number of H-pyrrole nitrogens is 1. The molecule has 5 nitrogen and oxygen atoms in total. The molecule has 1 heterocycles. The third-order valence-electron chi connectivity index (χ3n) is 3.10. The van der Waals surface area contributed by atoms with E-state index in [9.17, 15) is 4.79 Å². The van der Waals surface area contributed by atoms with E-state index in [-0.39, 0.29) is 12.5 Å². The number of aromatic amines is 1. The average Bonchev–Trinajstić information content (AvgIpc) is 2.95. The first kappa shape index (κ1) is 12.4. The van der Waals surface area contributed by atoms with Crippen molar-refractivity contribution < 1.29 is 9.90 Å². The smallest absolute Gasteiger partial charge is 0.255 e. The Morgan fingerprint density at radius 1 is 1.20 bits per heavy atom. The number of nitrogens with one attached hydrogen (secondary N) is 2. The second kappa shape index (κ2) is 5.14. The van der Waals surface area contributed by atoms with Crippen LogP contribution in [0.4, 0.5) is 5.69 Å². The molecule has 0 saturated heterocycles. The summed E-state index contributed by atoms with van der Waals surface area (Å²) in [6.45, 7) is -0.00921. The lowest BCUT2D eigenvalue weighted by Crippen LogP contribution is -2.11. The van der Waals surface area contributed by atoms with Crippen LogP contribution in [0.2, 0.25) is 0 Å². The monoisotopic (exact) mass is 267 g/mol. The summed E-state index contributed by atoms with van der Waals surface area (Å²) < 4.78 is 0. The number of benzene rings is 2. The highest BCUT2D eigenvalue weighted by atomic mass is 16.3. The number of hydrogen-bond donors (Lipinski definition) is 3. The topological polar surface area (TPSA) is 78.0 Å². The summed E-state index contributed by atoms with van der Waals surface area (Å²) in [5.74, 6) is -0.182. The van der Waals surface area contributed by atoms with E-state index >= 15 is 0 Å². The predicted octanol–water partition coefficient (Wildman–Crippen LogP) is 2.31. The van der Waals surface area contributed by atoms with Crippen molar-refractivity contribution in [3.05, 3.63) is 59.8 Å². The minimum Gasteiger partial charge on any atom is -0.392 e. The molecule has 3 N–H and O–H groups in total. The van der Waals surface area contributed by atoms with Gasteiger partial charge in [0.05, 0.1) is 18.3 Å². The van der Waals surface area contributed by atoms with Crippen LogP contribution in [0.3, 0.4) is 0 Å². The Morgan fingerprint density at radius 3 is 2.75 bits per heavy atom. The predicted molar refractivity (Wildman–Crippen MR) is 76.4 cm³/mol. The van der Waals surface area contributed by atoms with Gasteiger partial charge in [0.25, 0.3) is 5.91 Å². The number of rotatable bonds is 3. The Bertz CT molecular complexity index is 747. The van der Waals surface area contributed by atoms with Gasteiger partial charge >= 0.3 is 0 Å². The minimum absolute atomic E-state index is 0.00921. The fraction of sp³-hybridized carbons (Fsp3) is 0.0667. The number of nitrogens with zero attached hydrogens (tertiary/aromatic N) is 1. The average molecular weight is 267 g/mol. The fourth-order valence-electron chi connectivity index (χ4n) is 1.98. The molecule has 1 aromatic heterocycles.